The third-order valence-electron chi connectivity index (χ3n) is 16.2. The zero-order chi connectivity index (χ0) is 63.5. The van der Waals surface area contributed by atoms with Gasteiger partial charge in [0.1, 0.15) is 53.9 Å². The molecule has 0 radical (unpaired) electrons. The molecule has 19 nitrogen and oxygen atoms in total. The van der Waals surface area contributed by atoms with E-state index in [1.807, 2.05) is 83.1 Å². The minimum Gasteiger partial charge on any atom is -0.497 e. The van der Waals surface area contributed by atoms with Crippen molar-refractivity contribution in [1.29, 1.82) is 0 Å². The second-order valence-electron chi connectivity index (χ2n) is 24.4. The van der Waals surface area contributed by atoms with Crippen LogP contribution in [-0.4, -0.2) is 116 Å². The van der Waals surface area contributed by atoms with Gasteiger partial charge in [-0.3, -0.25) is 13.9 Å². The van der Waals surface area contributed by atoms with E-state index in [-0.39, 0.29) is 87.2 Å². The SMILES string of the molecule is CC(C)[Si]1(C(C)C)OC[C@H]2O[C@@H](n3ccc(N)nc3=O)C(F)(F)[C@@H]2O[Si](C(C)C)(C(C)C)O1.[2H]C([2H])([2H])Oc1cc(C)c2oc(COC(=O)Cc3ccn([C@@H]4O[C@@H]5CO[Si](C(C)C)(C(C)C)O[Si](C(C)C)(C(C)C)O[C@H]5C4(F)F)c(=O)n3)cc2c1. The van der Waals surface area contributed by atoms with Crippen LogP contribution in [0.1, 0.15) is 144 Å². The molecule has 458 valence electrons. The predicted octanol–water partition coefficient (Wildman–Crippen LogP) is 11.4. The lowest BCUT2D eigenvalue weighted by Gasteiger charge is -2.51. The molecule has 6 atom stereocenters. The number of fused-ring (bicyclic) bond motifs is 3. The van der Waals surface area contributed by atoms with E-state index in [0.717, 1.165) is 10.8 Å². The molecule has 7 heterocycles. The van der Waals surface area contributed by atoms with Crippen molar-refractivity contribution in [3.05, 3.63) is 80.7 Å². The molecule has 0 unspecified atom stereocenters. The summed E-state index contributed by atoms with van der Waals surface area (Å²) < 4.78 is 156. The number of anilines is 1. The number of aromatic nitrogens is 4. The highest BCUT2D eigenvalue weighted by atomic mass is 28.5. The predicted molar refractivity (Wildman–Crippen MR) is 308 cm³/mol. The van der Waals surface area contributed by atoms with Gasteiger partial charge in [-0.25, -0.2) is 9.59 Å². The molecule has 4 aliphatic rings. The highest BCUT2D eigenvalue weighted by molar-refractivity contribution is 6.84. The molecule has 0 aliphatic carbocycles. The Balaban J connectivity index is 0.000000270. The average molecular weight is 1230 g/mol. The average Bonchev–Trinajstić information content (AvgIpc) is 2.34. The molecule has 82 heavy (non-hydrogen) atoms. The van der Waals surface area contributed by atoms with Gasteiger partial charge in [-0.1, -0.05) is 111 Å². The first-order valence-corrected chi connectivity index (χ1v) is 36.1. The maximum Gasteiger partial charge on any atom is 0.351 e. The van der Waals surface area contributed by atoms with Crippen LogP contribution in [0.5, 0.6) is 5.75 Å². The Morgan fingerprint density at radius 3 is 1.54 bits per heavy atom. The summed E-state index contributed by atoms with van der Waals surface area (Å²) in [4.78, 5) is 45.8. The number of esters is 1. The van der Waals surface area contributed by atoms with E-state index in [4.69, 9.17) is 59.1 Å². The monoisotopic (exact) mass is 1230 g/mol. The van der Waals surface area contributed by atoms with Crippen molar-refractivity contribution in [3.63, 3.8) is 0 Å². The van der Waals surface area contributed by atoms with Gasteiger partial charge in [-0.15, -0.1) is 0 Å². The van der Waals surface area contributed by atoms with E-state index in [1.54, 1.807) is 13.0 Å². The van der Waals surface area contributed by atoms with E-state index in [1.165, 1.54) is 30.5 Å². The number of carbonyl (C=O) groups is 1. The van der Waals surface area contributed by atoms with Crippen LogP contribution in [0.15, 0.2) is 56.7 Å². The number of nitrogens with two attached hydrogens (primary N) is 1. The van der Waals surface area contributed by atoms with Gasteiger partial charge >= 0.3 is 63.4 Å². The molecule has 2 N–H and O–H groups in total. The van der Waals surface area contributed by atoms with E-state index in [0.29, 0.717) is 21.1 Å². The molecule has 0 saturated carbocycles. The first-order chi connectivity index (χ1) is 39.3. The van der Waals surface area contributed by atoms with Crippen LogP contribution in [0.2, 0.25) is 44.3 Å². The topological polar surface area (TPSA) is 218 Å². The van der Waals surface area contributed by atoms with Gasteiger partial charge in [0.05, 0.1) is 36.5 Å². The second-order valence-corrected chi connectivity index (χ2v) is 42.1. The van der Waals surface area contributed by atoms with Crippen LogP contribution >= 0.6 is 0 Å². The van der Waals surface area contributed by atoms with E-state index >= 15 is 17.6 Å². The van der Waals surface area contributed by atoms with Crippen LogP contribution in [0, 0.1) is 6.92 Å². The summed E-state index contributed by atoms with van der Waals surface area (Å²) in [5.41, 5.74) is 4.24. The van der Waals surface area contributed by atoms with Crippen molar-refractivity contribution in [2.45, 2.75) is 224 Å². The maximum absolute atomic E-state index is 16.4. The van der Waals surface area contributed by atoms with Crippen LogP contribution in [-0.2, 0) is 58.0 Å². The minimum absolute atomic E-state index is 0.00187. The Hall–Kier alpha value is -4.14. The Morgan fingerprint density at radius 1 is 0.683 bits per heavy atom. The van der Waals surface area contributed by atoms with Gasteiger partial charge in [0.2, 0.25) is 12.5 Å². The molecular formula is C55H85F4N5O14Si4. The number of rotatable bonds is 15. The third-order valence-corrected chi connectivity index (χ3v) is 36.7. The molecule has 0 bridgehead atoms. The van der Waals surface area contributed by atoms with Crippen molar-refractivity contribution in [2.24, 2.45) is 0 Å². The molecule has 4 saturated heterocycles. The third kappa shape index (κ3) is 12.2. The molecule has 0 spiro atoms. The molecule has 27 heteroatoms. The summed E-state index contributed by atoms with van der Waals surface area (Å²) in [7, 11) is -15.2. The van der Waals surface area contributed by atoms with Gasteiger partial charge in [0, 0.05) is 17.8 Å². The summed E-state index contributed by atoms with van der Waals surface area (Å²) in [6.45, 7) is 33.1. The number of methoxy groups -OCH3 is 1. The number of alkyl halides is 4. The van der Waals surface area contributed by atoms with Gasteiger partial charge in [-0.2, -0.15) is 27.5 Å². The fourth-order valence-corrected chi connectivity index (χ4v) is 34.3. The summed E-state index contributed by atoms with van der Waals surface area (Å²) in [5, 5.41) is 0.555. The molecular weight excluding hydrogens is 1140 g/mol. The smallest absolute Gasteiger partial charge is 0.351 e. The highest BCUT2D eigenvalue weighted by Gasteiger charge is 2.69. The molecule has 4 fully saturated rings. The molecule has 3 aromatic heterocycles. The second kappa shape index (κ2) is 24.7. The number of ether oxygens (including phenoxy) is 4. The van der Waals surface area contributed by atoms with Gasteiger partial charge in [0.25, 0.3) is 0 Å². The number of hydrogen-bond donors (Lipinski definition) is 1. The Bertz CT molecular complexity index is 3100. The van der Waals surface area contributed by atoms with Crippen LogP contribution in [0.25, 0.3) is 11.0 Å². The number of benzene rings is 1. The number of halogens is 4. The van der Waals surface area contributed by atoms with Crippen molar-refractivity contribution >= 4 is 57.0 Å². The van der Waals surface area contributed by atoms with Crippen LogP contribution in [0.4, 0.5) is 23.4 Å². The first-order valence-electron chi connectivity index (χ1n) is 29.7. The van der Waals surface area contributed by atoms with E-state index < -0.39 is 114 Å². The van der Waals surface area contributed by atoms with Gasteiger partial charge in [0.15, 0.2) is 0 Å². The number of furan rings is 1. The lowest BCUT2D eigenvalue weighted by Crippen LogP contribution is -2.66. The van der Waals surface area contributed by atoms with Crippen molar-refractivity contribution in [1.82, 2.24) is 19.1 Å². The summed E-state index contributed by atoms with van der Waals surface area (Å²) in [5.74, 6) is -7.54. The number of hydrogen-bond acceptors (Lipinski definition) is 17. The fraction of sp³-hybridized carbons (Fsp3) is 0.691. The minimum atomic E-state index is -3.66. The summed E-state index contributed by atoms with van der Waals surface area (Å²) >= 11 is 0. The maximum atomic E-state index is 16.4. The fourth-order valence-electron chi connectivity index (χ4n) is 11.9. The van der Waals surface area contributed by atoms with Gasteiger partial charge < -0.3 is 55.0 Å². The van der Waals surface area contributed by atoms with Gasteiger partial charge in [-0.05, 0) is 87.1 Å². The summed E-state index contributed by atoms with van der Waals surface area (Å²) in [6.07, 6.45) is -7.61. The number of aryl methyl sites for hydroxylation is 1. The van der Waals surface area contributed by atoms with Crippen molar-refractivity contribution in [3.8, 4) is 5.75 Å². The molecule has 8 rings (SSSR count). The van der Waals surface area contributed by atoms with Crippen molar-refractivity contribution < 1.29 is 75.8 Å². The zero-order valence-electron chi connectivity index (χ0n) is 53.0. The number of carbonyl (C=O) groups excluding carboxylic acids is 1. The Kier molecular flexibility index (Phi) is 18.4. The Morgan fingerprint density at radius 2 is 1.12 bits per heavy atom. The lowest BCUT2D eigenvalue weighted by molar-refractivity contribution is -0.144. The largest absolute Gasteiger partial charge is 0.497 e. The number of nitrogens with zero attached hydrogens (tertiary/aromatic N) is 4. The van der Waals surface area contributed by atoms with E-state index in [2.05, 4.69) is 37.7 Å². The molecule has 4 aromatic rings. The quantitative estimate of drug-likeness (QED) is 0.0664. The molecule has 4 aliphatic heterocycles. The zero-order valence-corrected chi connectivity index (χ0v) is 54.0. The van der Waals surface area contributed by atoms with Crippen LogP contribution < -0.4 is 21.9 Å². The summed E-state index contributed by atoms with van der Waals surface area (Å²) in [6, 6.07) is 7.20. The molecule has 0 amide bonds. The number of nitrogen functional groups attached to an aromatic ring is 1. The van der Waals surface area contributed by atoms with E-state index in [9.17, 15) is 14.4 Å². The molecule has 1 aromatic carbocycles. The lowest BCUT2D eigenvalue weighted by atomic mass is 10.1. The standard InChI is InChI=1S/C34H48F2N2O9Si2.C21H37F2N3O5Si2/c1-19(2)48(20(3)4)43-18-28-31(46-49(47-48,21(5)6)22(7)8)34(35,36)32(45-28)38-12-11-25(37-33(38)40)16-29(39)42-17-27-15-24-14-26(41-10)13-23(9)30(24)44-27;1-12(2)32(13(3)4)28-11-16-18(30-33(31-32,14(5)6)15(7)8)21(22,23)19(29-16)26-10-9-17(24)25-20(26)27/h11-15,19-22,28,31-32H,16-18H2,1-10H3;9-10,12-16,18-19H,11H2,1-8H3,(H2,24,25,27)/t28-,31-,32-;16-,18-,19-/m11/s1/i10D3;. The Labute approximate surface area is 486 Å². The van der Waals surface area contributed by atoms with Crippen LogP contribution in [0.3, 0.4) is 0 Å². The highest BCUT2D eigenvalue weighted by Crippen LogP contribution is 2.54. The first kappa shape index (κ1) is 61.0. The van der Waals surface area contributed by atoms with Crippen molar-refractivity contribution in [2.75, 3.05) is 26.0 Å². The normalized spacial score (nSPS) is 26.2.